The van der Waals surface area contributed by atoms with E-state index in [0.717, 1.165) is 32.1 Å². The molecule has 7 nitrogen and oxygen atoms in total. The molecule has 172 valence electrons. The second-order valence-electron chi connectivity index (χ2n) is 8.10. The van der Waals surface area contributed by atoms with Crippen molar-refractivity contribution in [2.75, 3.05) is 4.90 Å². The minimum Gasteiger partial charge on any atom is -0.351 e. The number of nitrogens with zero attached hydrogens (tertiary/aromatic N) is 4. The van der Waals surface area contributed by atoms with E-state index in [1.54, 1.807) is 30.3 Å². The van der Waals surface area contributed by atoms with Crippen molar-refractivity contribution in [2.24, 2.45) is 0 Å². The van der Waals surface area contributed by atoms with Gasteiger partial charge in [0.05, 0.1) is 0 Å². The lowest BCUT2D eigenvalue weighted by Gasteiger charge is -2.33. The zero-order valence-corrected chi connectivity index (χ0v) is 18.8. The van der Waals surface area contributed by atoms with Crippen LogP contribution in [0.2, 0.25) is 5.02 Å². The summed E-state index contributed by atoms with van der Waals surface area (Å²) in [5.41, 5.74) is 0.715. The van der Waals surface area contributed by atoms with Gasteiger partial charge in [0.25, 0.3) is 0 Å². The highest BCUT2D eigenvalue weighted by molar-refractivity contribution is 6.31. The van der Waals surface area contributed by atoms with Gasteiger partial charge in [-0.3, -0.25) is 14.5 Å². The number of nitrogens with one attached hydrogen (secondary N) is 1. The fourth-order valence-electron chi connectivity index (χ4n) is 4.21. The predicted octanol–water partition coefficient (Wildman–Crippen LogP) is 4.29. The van der Waals surface area contributed by atoms with Gasteiger partial charge in [0.15, 0.2) is 0 Å². The first-order valence-corrected chi connectivity index (χ1v) is 11.4. The Balaban J connectivity index is 1.76. The van der Waals surface area contributed by atoms with Crippen LogP contribution in [-0.2, 0) is 16.1 Å². The molecular formula is C24H25ClFN5O2. The number of hydrogen-bond acceptors (Lipinski definition) is 4. The summed E-state index contributed by atoms with van der Waals surface area (Å²) in [7, 11) is 0. The van der Waals surface area contributed by atoms with Gasteiger partial charge in [-0.15, -0.1) is 0 Å². The Kier molecular flexibility index (Phi) is 7.34. The molecule has 2 aromatic carbocycles. The highest BCUT2D eigenvalue weighted by Gasteiger charge is 2.35. The standard InChI is InChI=1S/C24H25ClFN5O2/c25-21-12-5-4-11-20(21)23(24(33)29-18-8-2-1-3-9-18)31(19-10-6-7-17(26)13-19)22(32)14-30-16-27-15-28-30/h4-7,10-13,15-16,18,23H,1-3,8-9,14H2,(H,29,33). The van der Waals surface area contributed by atoms with Crippen molar-refractivity contribution in [3.8, 4) is 0 Å². The number of benzene rings is 2. The Morgan fingerprint density at radius 1 is 1.15 bits per heavy atom. The SMILES string of the molecule is O=C(NC1CCCCC1)C(c1ccccc1Cl)N(C(=O)Cn1cncn1)c1cccc(F)c1. The fraction of sp³-hybridized carbons (Fsp3) is 0.333. The van der Waals surface area contributed by atoms with Crippen LogP contribution in [0, 0.1) is 5.82 Å². The van der Waals surface area contributed by atoms with Crippen LogP contribution in [0.5, 0.6) is 0 Å². The Labute approximate surface area is 196 Å². The molecule has 9 heteroatoms. The topological polar surface area (TPSA) is 80.1 Å². The van der Waals surface area contributed by atoms with Crippen molar-refractivity contribution in [3.05, 3.63) is 77.6 Å². The lowest BCUT2D eigenvalue weighted by atomic mass is 9.94. The van der Waals surface area contributed by atoms with Gasteiger partial charge in [0.2, 0.25) is 11.8 Å². The summed E-state index contributed by atoms with van der Waals surface area (Å²) in [6, 6.07) is 11.5. The molecule has 0 aliphatic heterocycles. The molecule has 3 aromatic rings. The zero-order valence-electron chi connectivity index (χ0n) is 18.0. The van der Waals surface area contributed by atoms with Crippen molar-refractivity contribution in [2.45, 2.75) is 50.7 Å². The van der Waals surface area contributed by atoms with Crippen LogP contribution in [0.25, 0.3) is 0 Å². The summed E-state index contributed by atoms with van der Waals surface area (Å²) in [4.78, 5) is 32.4. The van der Waals surface area contributed by atoms with Crippen LogP contribution >= 0.6 is 11.6 Å². The molecule has 33 heavy (non-hydrogen) atoms. The Morgan fingerprint density at radius 3 is 2.64 bits per heavy atom. The van der Waals surface area contributed by atoms with Crippen LogP contribution in [0.3, 0.4) is 0 Å². The molecule has 1 aliphatic rings. The van der Waals surface area contributed by atoms with Gasteiger partial charge in [0, 0.05) is 22.3 Å². The summed E-state index contributed by atoms with van der Waals surface area (Å²) in [5, 5.41) is 7.44. The third-order valence-electron chi connectivity index (χ3n) is 5.78. The van der Waals surface area contributed by atoms with E-state index in [-0.39, 0.29) is 24.2 Å². The summed E-state index contributed by atoms with van der Waals surface area (Å²) in [6.07, 6.45) is 7.73. The smallest absolute Gasteiger partial charge is 0.249 e. The predicted molar refractivity (Wildman–Crippen MR) is 123 cm³/mol. The Hall–Kier alpha value is -3.26. The second-order valence-corrected chi connectivity index (χ2v) is 8.51. The van der Waals surface area contributed by atoms with E-state index < -0.39 is 17.8 Å². The molecule has 1 aliphatic carbocycles. The average molecular weight is 470 g/mol. The van der Waals surface area contributed by atoms with Crippen molar-refractivity contribution in [1.82, 2.24) is 20.1 Å². The monoisotopic (exact) mass is 469 g/mol. The van der Waals surface area contributed by atoms with E-state index in [0.29, 0.717) is 10.6 Å². The van der Waals surface area contributed by atoms with Crippen LogP contribution in [0.1, 0.15) is 43.7 Å². The molecule has 1 heterocycles. The van der Waals surface area contributed by atoms with E-state index in [1.165, 1.54) is 40.4 Å². The quantitative estimate of drug-likeness (QED) is 0.559. The number of amides is 2. The molecule has 0 saturated heterocycles. The van der Waals surface area contributed by atoms with E-state index in [2.05, 4.69) is 15.4 Å². The van der Waals surface area contributed by atoms with Crippen LogP contribution in [0.4, 0.5) is 10.1 Å². The number of carbonyl (C=O) groups is 2. The summed E-state index contributed by atoms with van der Waals surface area (Å²) in [5.74, 6) is -1.32. The number of anilines is 1. The van der Waals surface area contributed by atoms with E-state index in [1.807, 2.05) is 0 Å². The first-order chi connectivity index (χ1) is 16.0. The largest absolute Gasteiger partial charge is 0.351 e. The molecule has 0 radical (unpaired) electrons. The minimum absolute atomic E-state index is 0.0241. The van der Waals surface area contributed by atoms with E-state index in [4.69, 9.17) is 11.6 Å². The van der Waals surface area contributed by atoms with E-state index in [9.17, 15) is 14.0 Å². The minimum atomic E-state index is -1.08. The molecule has 2 amide bonds. The molecule has 1 N–H and O–H groups in total. The molecule has 0 spiro atoms. The summed E-state index contributed by atoms with van der Waals surface area (Å²) in [6.45, 7) is -0.172. The molecule has 1 atom stereocenters. The molecule has 1 saturated carbocycles. The van der Waals surface area contributed by atoms with Crippen LogP contribution in [-0.4, -0.2) is 32.6 Å². The highest BCUT2D eigenvalue weighted by atomic mass is 35.5. The number of aromatic nitrogens is 3. The summed E-state index contributed by atoms with van der Waals surface area (Å²) < 4.78 is 15.6. The molecule has 1 unspecified atom stereocenters. The average Bonchev–Trinajstić information content (AvgIpc) is 3.31. The first kappa shape index (κ1) is 22.9. The molecule has 1 aromatic heterocycles. The van der Waals surface area contributed by atoms with Gasteiger partial charge in [0.1, 0.15) is 31.1 Å². The maximum Gasteiger partial charge on any atom is 0.249 e. The van der Waals surface area contributed by atoms with Crippen molar-refractivity contribution < 1.29 is 14.0 Å². The third kappa shape index (κ3) is 5.57. The molecule has 4 rings (SSSR count). The number of carbonyl (C=O) groups excluding carboxylic acids is 2. The first-order valence-electron chi connectivity index (χ1n) is 11.0. The van der Waals surface area contributed by atoms with Gasteiger partial charge in [-0.25, -0.2) is 14.1 Å². The van der Waals surface area contributed by atoms with Gasteiger partial charge in [-0.2, -0.15) is 5.10 Å². The van der Waals surface area contributed by atoms with Gasteiger partial charge >= 0.3 is 0 Å². The normalized spacial score (nSPS) is 15.1. The van der Waals surface area contributed by atoms with Crippen molar-refractivity contribution >= 4 is 29.1 Å². The van der Waals surface area contributed by atoms with Crippen molar-refractivity contribution in [3.63, 3.8) is 0 Å². The molecular weight excluding hydrogens is 445 g/mol. The third-order valence-corrected chi connectivity index (χ3v) is 6.12. The van der Waals surface area contributed by atoms with Gasteiger partial charge < -0.3 is 5.32 Å². The maximum atomic E-state index is 14.2. The fourth-order valence-corrected chi connectivity index (χ4v) is 4.45. The Bertz CT molecular complexity index is 1100. The number of hydrogen-bond donors (Lipinski definition) is 1. The second kappa shape index (κ2) is 10.6. The molecule has 1 fully saturated rings. The van der Waals surface area contributed by atoms with Crippen molar-refractivity contribution in [1.29, 1.82) is 0 Å². The molecule has 0 bridgehead atoms. The lowest BCUT2D eigenvalue weighted by Crippen LogP contribution is -2.48. The zero-order chi connectivity index (χ0) is 23.2. The van der Waals surface area contributed by atoms with Gasteiger partial charge in [-0.1, -0.05) is 55.1 Å². The number of rotatable bonds is 7. The highest BCUT2D eigenvalue weighted by Crippen LogP contribution is 2.33. The Morgan fingerprint density at radius 2 is 1.94 bits per heavy atom. The van der Waals surface area contributed by atoms with Gasteiger partial charge in [-0.05, 0) is 37.1 Å². The lowest BCUT2D eigenvalue weighted by molar-refractivity contribution is -0.127. The maximum absolute atomic E-state index is 14.2. The number of halogens is 2. The van der Waals surface area contributed by atoms with Crippen LogP contribution < -0.4 is 10.2 Å². The summed E-state index contributed by atoms with van der Waals surface area (Å²) >= 11 is 6.50. The van der Waals surface area contributed by atoms with Crippen LogP contribution in [0.15, 0.2) is 61.2 Å². The van der Waals surface area contributed by atoms with E-state index >= 15 is 0 Å².